The van der Waals surface area contributed by atoms with Crippen molar-refractivity contribution in [2.75, 3.05) is 11.4 Å². The van der Waals surface area contributed by atoms with E-state index in [0.29, 0.717) is 5.69 Å². The predicted molar refractivity (Wildman–Crippen MR) is 168 cm³/mol. The summed E-state index contributed by atoms with van der Waals surface area (Å²) in [6.07, 6.45) is 4.99. The molecule has 1 saturated carbocycles. The Morgan fingerprint density at radius 3 is 2.16 bits per heavy atom. The van der Waals surface area contributed by atoms with Gasteiger partial charge in [-0.15, -0.1) is 0 Å². The number of nitrogens with zero attached hydrogens (tertiary/aromatic N) is 6. The van der Waals surface area contributed by atoms with Crippen LogP contribution in [0.2, 0.25) is 0 Å². The topological polar surface area (TPSA) is 98.0 Å². The zero-order valence-electron chi connectivity index (χ0n) is 25.1. The summed E-state index contributed by atoms with van der Waals surface area (Å²) in [7, 11) is 0. The third kappa shape index (κ3) is 4.82. The molecule has 3 amide bonds. The second kappa shape index (κ2) is 11.0. The minimum Gasteiger partial charge on any atom is -0.271 e. The lowest BCUT2D eigenvalue weighted by molar-refractivity contribution is -0.136. The fourth-order valence-electron chi connectivity index (χ4n) is 6.68. The van der Waals surface area contributed by atoms with E-state index < -0.39 is 23.9 Å². The van der Waals surface area contributed by atoms with Gasteiger partial charge in [-0.2, -0.15) is 10.2 Å². The number of hydrogen-bond donors (Lipinski definition) is 0. The normalized spacial score (nSPS) is 25.1. The second-order valence-electron chi connectivity index (χ2n) is 12.2. The van der Waals surface area contributed by atoms with E-state index in [1.54, 1.807) is 17.1 Å². The molecule has 2 fully saturated rings. The third-order valence-corrected chi connectivity index (χ3v) is 9.04. The summed E-state index contributed by atoms with van der Waals surface area (Å²) in [5.74, 6) is -1.10. The molecule has 44 heavy (non-hydrogen) atoms. The maximum Gasteiger partial charge on any atom is 0.264 e. The van der Waals surface area contributed by atoms with Crippen molar-refractivity contribution in [3.8, 4) is 0 Å². The van der Waals surface area contributed by atoms with Crippen molar-refractivity contribution in [1.29, 1.82) is 0 Å². The number of hydrazone groups is 1. The fraction of sp³-hybridized carbons (Fsp3) is 0.314. The van der Waals surface area contributed by atoms with Gasteiger partial charge in [0.25, 0.3) is 17.7 Å². The van der Waals surface area contributed by atoms with Crippen molar-refractivity contribution in [1.82, 2.24) is 10.0 Å². The fourth-order valence-corrected chi connectivity index (χ4v) is 6.68. The number of aryl methyl sites for hydroxylation is 3. The Kier molecular flexibility index (Phi) is 6.95. The molecule has 0 radical (unpaired) electrons. The summed E-state index contributed by atoms with van der Waals surface area (Å²) in [5.41, 5.74) is 8.06. The lowest BCUT2D eigenvalue weighted by atomic mass is 9.77. The highest BCUT2D eigenvalue weighted by atomic mass is 16.2. The molecule has 3 aromatic rings. The maximum atomic E-state index is 14.1. The van der Waals surface area contributed by atoms with Gasteiger partial charge in [0.2, 0.25) is 0 Å². The molecular weight excluding hydrogens is 552 g/mol. The smallest absolute Gasteiger partial charge is 0.264 e. The molecule has 3 aromatic carbocycles. The van der Waals surface area contributed by atoms with Crippen molar-refractivity contribution >= 4 is 35.2 Å². The lowest BCUT2D eigenvalue weighted by Crippen LogP contribution is -2.45. The number of benzene rings is 3. The minimum atomic E-state index is -0.971. The summed E-state index contributed by atoms with van der Waals surface area (Å²) in [6.45, 7) is 5.84. The Hall–Kier alpha value is -4.92. The van der Waals surface area contributed by atoms with Crippen LogP contribution in [0.15, 0.2) is 93.8 Å². The van der Waals surface area contributed by atoms with Gasteiger partial charge in [0.1, 0.15) is 6.54 Å². The molecule has 7 rings (SSSR count). The highest BCUT2D eigenvalue weighted by Crippen LogP contribution is 2.45. The van der Waals surface area contributed by atoms with E-state index >= 15 is 0 Å². The van der Waals surface area contributed by atoms with Crippen molar-refractivity contribution in [2.24, 2.45) is 21.4 Å². The summed E-state index contributed by atoms with van der Waals surface area (Å²) in [5, 5.41) is 16.2. The van der Waals surface area contributed by atoms with Gasteiger partial charge in [-0.05, 0) is 74.9 Å². The first-order valence-electron chi connectivity index (χ1n) is 15.1. The summed E-state index contributed by atoms with van der Waals surface area (Å²) >= 11 is 0. The standard InChI is InChI=1S/C35H34N6O3/c1-21-7-13-24(14-8-21)19-26-5-4-6-28-30(26)37-41(32(28)25-15-9-22(2)10-16-25)29(42)20-39-33-31(36-38-39)34(43)40(35(33)44)27-17-11-23(3)12-18-27/h7-19,28,31-33H,4-6,20H2,1-3H3/b26-19+/t28-,31-,32-,33+/m0/s1. The van der Waals surface area contributed by atoms with Crippen LogP contribution in [0.1, 0.15) is 53.1 Å². The number of anilines is 1. The van der Waals surface area contributed by atoms with E-state index in [0.717, 1.165) is 57.7 Å². The van der Waals surface area contributed by atoms with Crippen LogP contribution in [0.25, 0.3) is 6.08 Å². The number of imide groups is 1. The number of amides is 3. The molecule has 1 aliphatic carbocycles. The Morgan fingerprint density at radius 1 is 0.841 bits per heavy atom. The van der Waals surface area contributed by atoms with E-state index in [4.69, 9.17) is 5.10 Å². The molecule has 0 unspecified atom stereocenters. The molecule has 3 aliphatic heterocycles. The molecule has 1 saturated heterocycles. The quantitative estimate of drug-likeness (QED) is 0.357. The van der Waals surface area contributed by atoms with Crippen molar-refractivity contribution in [3.05, 3.63) is 106 Å². The number of rotatable bonds is 5. The van der Waals surface area contributed by atoms with Crippen LogP contribution < -0.4 is 4.90 Å². The molecule has 0 aromatic heterocycles. The molecule has 0 bridgehead atoms. The van der Waals surface area contributed by atoms with Crippen LogP contribution in [0.5, 0.6) is 0 Å². The van der Waals surface area contributed by atoms with Crippen LogP contribution in [-0.4, -0.2) is 52.1 Å². The number of carbonyl (C=O) groups excluding carboxylic acids is 3. The van der Waals surface area contributed by atoms with Gasteiger partial charge >= 0.3 is 0 Å². The molecule has 3 heterocycles. The maximum absolute atomic E-state index is 14.1. The van der Waals surface area contributed by atoms with Gasteiger partial charge in [-0.25, -0.2) is 9.91 Å². The van der Waals surface area contributed by atoms with Crippen LogP contribution in [-0.2, 0) is 14.4 Å². The van der Waals surface area contributed by atoms with Crippen LogP contribution in [0, 0.1) is 26.7 Å². The van der Waals surface area contributed by atoms with Gasteiger partial charge < -0.3 is 0 Å². The van der Waals surface area contributed by atoms with Gasteiger partial charge in [0, 0.05) is 5.92 Å². The van der Waals surface area contributed by atoms with Crippen LogP contribution in [0.4, 0.5) is 5.69 Å². The summed E-state index contributed by atoms with van der Waals surface area (Å²) in [4.78, 5) is 42.0. The predicted octanol–water partition coefficient (Wildman–Crippen LogP) is 5.73. The monoisotopic (exact) mass is 586 g/mol. The number of fused-ring (bicyclic) bond motifs is 2. The first-order valence-corrected chi connectivity index (χ1v) is 15.1. The minimum absolute atomic E-state index is 0.0479. The SMILES string of the molecule is Cc1ccc(/C=C2\CCC[C@H]3C2=NN(C(=O)CN2N=N[C@@H]4C(=O)N(c5ccc(C)cc5)C(=O)[C@@H]42)[C@H]3c2ccc(C)cc2)cc1. The average Bonchev–Trinajstić information content (AvgIpc) is 3.69. The lowest BCUT2D eigenvalue weighted by Gasteiger charge is -2.30. The Labute approximate surface area is 256 Å². The Bertz CT molecular complexity index is 1730. The molecule has 4 atom stereocenters. The zero-order valence-corrected chi connectivity index (χ0v) is 25.1. The van der Waals surface area contributed by atoms with Gasteiger partial charge in [0.15, 0.2) is 12.1 Å². The van der Waals surface area contributed by atoms with Crippen LogP contribution in [0.3, 0.4) is 0 Å². The zero-order chi connectivity index (χ0) is 30.5. The number of carbonyl (C=O) groups is 3. The van der Waals surface area contributed by atoms with Crippen molar-refractivity contribution in [3.63, 3.8) is 0 Å². The van der Waals surface area contributed by atoms with E-state index in [2.05, 4.69) is 71.9 Å². The largest absolute Gasteiger partial charge is 0.271 e. The number of hydrogen-bond acceptors (Lipinski definition) is 7. The second-order valence-corrected chi connectivity index (χ2v) is 12.2. The molecule has 0 N–H and O–H groups in total. The van der Waals surface area contributed by atoms with Crippen molar-refractivity contribution in [2.45, 2.75) is 58.2 Å². The average molecular weight is 587 g/mol. The molecule has 0 spiro atoms. The van der Waals surface area contributed by atoms with E-state index in [1.807, 2.05) is 26.0 Å². The molecule has 222 valence electrons. The highest BCUT2D eigenvalue weighted by molar-refractivity contribution is 6.25. The first kappa shape index (κ1) is 27.9. The molecule has 9 heteroatoms. The molecule has 9 nitrogen and oxygen atoms in total. The Morgan fingerprint density at radius 2 is 1.48 bits per heavy atom. The molecule has 4 aliphatic rings. The first-order chi connectivity index (χ1) is 21.3. The number of allylic oxidation sites excluding steroid dienone is 1. The van der Waals surface area contributed by atoms with E-state index in [9.17, 15) is 14.4 Å². The Balaban J connectivity index is 1.18. The van der Waals surface area contributed by atoms with Crippen molar-refractivity contribution < 1.29 is 14.4 Å². The summed E-state index contributed by atoms with van der Waals surface area (Å²) in [6, 6.07) is 21.7. The third-order valence-electron chi connectivity index (χ3n) is 9.04. The highest BCUT2D eigenvalue weighted by Gasteiger charge is 2.55. The molecular formula is C35H34N6O3. The van der Waals surface area contributed by atoms with Gasteiger partial charge in [0.05, 0.1) is 17.4 Å². The summed E-state index contributed by atoms with van der Waals surface area (Å²) < 4.78 is 0. The van der Waals surface area contributed by atoms with E-state index in [-0.39, 0.29) is 24.4 Å². The van der Waals surface area contributed by atoms with Crippen LogP contribution >= 0.6 is 0 Å². The van der Waals surface area contributed by atoms with Gasteiger partial charge in [-0.3, -0.25) is 19.4 Å². The van der Waals surface area contributed by atoms with E-state index in [1.165, 1.54) is 10.6 Å². The van der Waals surface area contributed by atoms with Gasteiger partial charge in [-0.1, -0.05) is 82.6 Å².